The minimum absolute atomic E-state index is 1.06. The fourth-order valence-electron chi connectivity index (χ4n) is 6.15. The zero-order valence-corrected chi connectivity index (χ0v) is 28.6. The molecule has 0 amide bonds. The van der Waals surface area contributed by atoms with Gasteiger partial charge in [0, 0.05) is 66.7 Å². The molecule has 0 saturated carbocycles. The zero-order chi connectivity index (χ0) is 32.6. The third kappa shape index (κ3) is 5.78. The highest BCUT2D eigenvalue weighted by atomic mass is 32.1. The highest BCUT2D eigenvalue weighted by molar-refractivity contribution is 7.22. The van der Waals surface area contributed by atoms with Crippen LogP contribution in [-0.4, -0.2) is 9.97 Å². The highest BCUT2D eigenvalue weighted by Gasteiger charge is 2.20. The van der Waals surface area contributed by atoms with Crippen LogP contribution in [0.25, 0.3) is 41.1 Å². The highest BCUT2D eigenvalue weighted by Crippen LogP contribution is 2.46. The monoisotopic (exact) mass is 684 g/mol. The predicted molar refractivity (Wildman–Crippen MR) is 211 cm³/mol. The summed E-state index contributed by atoms with van der Waals surface area (Å²) < 4.78 is 2.61. The largest absolute Gasteiger partial charge is 0.302 e. The Morgan fingerprint density at radius 1 is 0.367 bits per heavy atom. The summed E-state index contributed by atoms with van der Waals surface area (Å²) in [7, 11) is 0. The molecule has 49 heavy (non-hydrogen) atoms. The normalized spacial score (nSPS) is 11.3. The van der Waals surface area contributed by atoms with Gasteiger partial charge in [-0.25, -0.2) is 0 Å². The number of rotatable bonds is 8. The lowest BCUT2D eigenvalue weighted by Gasteiger charge is -2.25. The van der Waals surface area contributed by atoms with Crippen molar-refractivity contribution in [1.29, 1.82) is 0 Å². The van der Waals surface area contributed by atoms with Crippen LogP contribution in [0.1, 0.15) is 0 Å². The smallest absolute Gasteiger partial charge is 0.102 e. The number of hydrogen-bond acceptors (Lipinski definition) is 7. The van der Waals surface area contributed by atoms with Crippen LogP contribution < -0.4 is 9.80 Å². The Morgan fingerprint density at radius 2 is 0.755 bits per heavy atom. The number of aromatic nitrogens is 2. The van der Waals surface area contributed by atoms with Crippen LogP contribution in [0.3, 0.4) is 0 Å². The summed E-state index contributed by atoms with van der Waals surface area (Å²) in [4.78, 5) is 15.8. The second kappa shape index (κ2) is 12.8. The third-order valence-electron chi connectivity index (χ3n) is 8.53. The van der Waals surface area contributed by atoms with Crippen molar-refractivity contribution < 1.29 is 0 Å². The summed E-state index contributed by atoms with van der Waals surface area (Å²) in [6.07, 6.45) is 7.40. The summed E-state index contributed by atoms with van der Waals surface area (Å²) >= 11 is 5.41. The molecule has 0 aliphatic rings. The summed E-state index contributed by atoms with van der Waals surface area (Å²) in [6, 6.07) is 52.1. The average Bonchev–Trinajstić information content (AvgIpc) is 3.93. The fourth-order valence-corrected chi connectivity index (χ4v) is 9.38. The van der Waals surface area contributed by atoms with Crippen LogP contribution in [0.5, 0.6) is 0 Å². The molecule has 0 spiro atoms. The molecule has 0 aliphatic carbocycles. The van der Waals surface area contributed by atoms with Gasteiger partial charge in [0.05, 0.1) is 0 Å². The molecule has 0 bridgehead atoms. The molecule has 0 saturated heterocycles. The lowest BCUT2D eigenvalue weighted by molar-refractivity contribution is 1.26. The first kappa shape index (κ1) is 29.5. The van der Waals surface area contributed by atoms with E-state index in [0.717, 1.165) is 32.8 Å². The lowest BCUT2D eigenvalue weighted by atomic mass is 10.1. The molecule has 234 valence electrons. The second-order valence-corrected chi connectivity index (χ2v) is 14.8. The van der Waals surface area contributed by atoms with Crippen molar-refractivity contribution in [1.82, 2.24) is 9.97 Å². The summed E-state index contributed by atoms with van der Waals surface area (Å²) in [6.45, 7) is 0. The Morgan fingerprint density at radius 3 is 1.16 bits per heavy atom. The maximum Gasteiger partial charge on any atom is 0.102 e. The molecule has 9 rings (SSSR count). The molecule has 0 N–H and O–H groups in total. The van der Waals surface area contributed by atoms with Gasteiger partial charge in [0.1, 0.15) is 10.0 Å². The minimum Gasteiger partial charge on any atom is -0.302 e. The van der Waals surface area contributed by atoms with Crippen LogP contribution in [0.15, 0.2) is 170 Å². The molecule has 9 aromatic rings. The molecule has 0 radical (unpaired) electrons. The molecular weight excluding hydrogens is 657 g/mol. The van der Waals surface area contributed by atoms with E-state index in [9.17, 15) is 0 Å². The number of nitrogens with zero attached hydrogens (tertiary/aromatic N) is 4. The van der Waals surface area contributed by atoms with Gasteiger partial charge in [-0.05, 0) is 107 Å². The first-order valence-electron chi connectivity index (χ1n) is 16.0. The van der Waals surface area contributed by atoms with Crippen molar-refractivity contribution in [3.63, 3.8) is 0 Å². The molecule has 7 heteroatoms. The van der Waals surface area contributed by atoms with Gasteiger partial charge in [0.15, 0.2) is 0 Å². The van der Waals surface area contributed by atoms with E-state index in [4.69, 9.17) is 0 Å². The Kier molecular flexibility index (Phi) is 7.70. The molecule has 0 unspecified atom stereocenters. The number of anilines is 6. The Labute approximate surface area is 296 Å². The Balaban J connectivity index is 1.08. The van der Waals surface area contributed by atoms with Crippen molar-refractivity contribution in [3.8, 4) is 20.9 Å². The molecule has 5 aromatic heterocycles. The molecule has 0 atom stereocenters. The number of pyridine rings is 2. The van der Waals surface area contributed by atoms with Crippen molar-refractivity contribution in [3.05, 3.63) is 170 Å². The fraction of sp³-hybridized carbons (Fsp3) is 0. The van der Waals surface area contributed by atoms with E-state index >= 15 is 0 Å². The van der Waals surface area contributed by atoms with E-state index in [1.54, 1.807) is 11.3 Å². The van der Waals surface area contributed by atoms with Gasteiger partial charge in [0.2, 0.25) is 0 Å². The quantitative estimate of drug-likeness (QED) is 0.159. The molecule has 4 nitrogen and oxygen atoms in total. The van der Waals surface area contributed by atoms with E-state index in [2.05, 4.69) is 165 Å². The van der Waals surface area contributed by atoms with Crippen LogP contribution in [0.2, 0.25) is 0 Å². The number of hydrogen-bond donors (Lipinski definition) is 0. The number of thiophene rings is 3. The summed E-state index contributed by atoms with van der Waals surface area (Å²) in [5.74, 6) is 0. The first-order valence-corrected chi connectivity index (χ1v) is 18.4. The van der Waals surface area contributed by atoms with Crippen molar-refractivity contribution >= 4 is 86.9 Å². The van der Waals surface area contributed by atoms with Gasteiger partial charge in [-0.3, -0.25) is 9.97 Å². The van der Waals surface area contributed by atoms with E-state index in [1.165, 1.54) is 41.1 Å². The second-order valence-electron chi connectivity index (χ2n) is 11.6. The van der Waals surface area contributed by atoms with Crippen LogP contribution in [-0.2, 0) is 0 Å². The topological polar surface area (TPSA) is 32.3 Å². The summed E-state index contributed by atoms with van der Waals surface area (Å²) in [5.41, 5.74) is 6.73. The molecule has 0 fully saturated rings. The molecule has 4 aromatic carbocycles. The Hall–Kier alpha value is -5.60. The predicted octanol–water partition coefficient (Wildman–Crippen LogP) is 13.2. The van der Waals surface area contributed by atoms with Crippen molar-refractivity contribution in [2.24, 2.45) is 0 Å². The number of fused-ring (bicyclic) bond motifs is 2. The maximum absolute atomic E-state index is 4.31. The van der Waals surface area contributed by atoms with Gasteiger partial charge in [-0.2, -0.15) is 0 Å². The lowest BCUT2D eigenvalue weighted by Crippen LogP contribution is -2.09. The van der Waals surface area contributed by atoms with Crippen molar-refractivity contribution in [2.45, 2.75) is 0 Å². The minimum atomic E-state index is 1.06. The zero-order valence-electron chi connectivity index (χ0n) is 26.2. The molecular formula is C42H28N4S3. The van der Waals surface area contributed by atoms with E-state index in [0.29, 0.717) is 0 Å². The van der Waals surface area contributed by atoms with Crippen LogP contribution >= 0.6 is 34.0 Å². The SMILES string of the molecule is c1ccc2sc(-c3ccc(N(c4ccncc4)c4ccc(N(c5ccncc5)c5ccc(-c6cc7ccccc7s6)cc5)s4)cc3)cc2c1. The number of benzene rings is 4. The average molecular weight is 685 g/mol. The van der Waals surface area contributed by atoms with Gasteiger partial charge >= 0.3 is 0 Å². The molecule has 5 heterocycles. The maximum atomic E-state index is 4.31. The van der Waals surface area contributed by atoms with Gasteiger partial charge in [0.25, 0.3) is 0 Å². The van der Waals surface area contributed by atoms with Crippen molar-refractivity contribution in [2.75, 3.05) is 9.80 Å². The molecule has 0 aliphatic heterocycles. The van der Waals surface area contributed by atoms with E-state index < -0.39 is 0 Å². The van der Waals surface area contributed by atoms with Gasteiger partial charge in [-0.15, -0.1) is 22.7 Å². The van der Waals surface area contributed by atoms with Gasteiger partial charge in [-0.1, -0.05) is 72.0 Å². The Bertz CT molecular complexity index is 2260. The first-order chi connectivity index (χ1) is 24.3. The standard InChI is InChI=1S/C42H28N4S3/c1-3-7-37-31(5-1)27-39(47-37)29-9-13-33(14-10-29)45(35-19-23-43-24-20-35)41-17-18-42(49-41)46(36-21-25-44-26-22-36)34-15-11-30(12-16-34)40-28-32-6-2-4-8-38(32)48-40/h1-28H. The van der Waals surface area contributed by atoms with Crippen LogP contribution in [0, 0.1) is 0 Å². The van der Waals surface area contributed by atoms with Gasteiger partial charge < -0.3 is 9.80 Å². The van der Waals surface area contributed by atoms with E-state index in [-0.39, 0.29) is 0 Å². The third-order valence-corrected chi connectivity index (χ3v) is 11.9. The van der Waals surface area contributed by atoms with E-state index in [1.807, 2.05) is 47.5 Å². The summed E-state index contributed by atoms with van der Waals surface area (Å²) in [5, 5.41) is 4.78. The van der Waals surface area contributed by atoms with Crippen LogP contribution in [0.4, 0.5) is 32.8 Å².